The lowest BCUT2D eigenvalue weighted by atomic mass is 9.93. The molecular formula is C47H32N4O. The SMILES string of the molecule is c1ccc2c(c1)nc1n(-c3cccc4c3oc3ccc(-n5c6ccccc6c6c7ccc(c65)CCc5ccc(cc5)CC7)cc34)c3ccccc3n21. The highest BCUT2D eigenvalue weighted by atomic mass is 16.3. The fourth-order valence-corrected chi connectivity index (χ4v) is 9.02. The summed E-state index contributed by atoms with van der Waals surface area (Å²) in [4.78, 5) is 5.14. The number of para-hydroxylation sites is 6. The summed E-state index contributed by atoms with van der Waals surface area (Å²) in [6, 6.07) is 53.1. The Balaban J connectivity index is 1.11. The normalized spacial score (nSPS) is 13.5. The smallest absolute Gasteiger partial charge is 0.220 e. The second-order valence-electron chi connectivity index (χ2n) is 14.3. The molecule has 0 saturated heterocycles. The molecule has 0 fully saturated rings. The van der Waals surface area contributed by atoms with Gasteiger partial charge in [-0.15, -0.1) is 0 Å². The highest BCUT2D eigenvalue weighted by molar-refractivity contribution is 6.13. The largest absolute Gasteiger partial charge is 0.454 e. The van der Waals surface area contributed by atoms with Crippen LogP contribution in [0.1, 0.15) is 22.3 Å². The molecule has 0 N–H and O–H groups in total. The van der Waals surface area contributed by atoms with Crippen LogP contribution in [0.25, 0.3) is 83.0 Å². The van der Waals surface area contributed by atoms with Crippen molar-refractivity contribution in [1.29, 1.82) is 0 Å². The Hall–Kier alpha value is -6.59. The number of hydrogen-bond acceptors (Lipinski definition) is 2. The molecule has 11 aromatic rings. The Morgan fingerprint density at radius 1 is 0.500 bits per heavy atom. The molecule has 0 aliphatic heterocycles. The molecule has 4 aliphatic rings. The minimum absolute atomic E-state index is 0.857. The molecule has 4 aliphatic carbocycles. The van der Waals surface area contributed by atoms with E-state index in [4.69, 9.17) is 9.40 Å². The molecule has 0 spiro atoms. The summed E-state index contributed by atoms with van der Waals surface area (Å²) in [5.41, 5.74) is 16.3. The zero-order chi connectivity index (χ0) is 33.9. The summed E-state index contributed by atoms with van der Waals surface area (Å²) in [5, 5.41) is 4.90. The molecule has 4 aromatic heterocycles. The Bertz CT molecular complexity index is 3240. The van der Waals surface area contributed by atoms with Gasteiger partial charge in [0.25, 0.3) is 0 Å². The molecule has 15 rings (SSSR count). The van der Waals surface area contributed by atoms with Crippen molar-refractivity contribution in [2.24, 2.45) is 0 Å². The molecule has 5 heteroatoms. The van der Waals surface area contributed by atoms with Crippen molar-refractivity contribution in [1.82, 2.24) is 18.5 Å². The van der Waals surface area contributed by atoms with Crippen molar-refractivity contribution < 1.29 is 4.42 Å². The molecule has 5 nitrogen and oxygen atoms in total. The molecule has 7 aromatic carbocycles. The number of furan rings is 1. The van der Waals surface area contributed by atoms with Crippen molar-refractivity contribution in [3.05, 3.63) is 168 Å². The van der Waals surface area contributed by atoms with Crippen molar-refractivity contribution in [2.45, 2.75) is 25.7 Å². The number of imidazole rings is 2. The van der Waals surface area contributed by atoms with Crippen LogP contribution in [0.3, 0.4) is 0 Å². The molecule has 0 amide bonds. The standard InChI is InChI=1S/C47H32N4O/c1-3-11-38-35(8-1)44-31-22-20-29-16-18-30(19-17-29)21-23-32(25-24-31)45(44)49(38)33-26-27-43-36(28-33)34-9-7-15-42(46(34)52-43)51-41-14-6-5-13-40(41)50-39-12-4-2-10-37(39)48-47(50)51/h1-19,24-28H,20-23H2. The van der Waals surface area contributed by atoms with Gasteiger partial charge in [-0.05, 0) is 103 Å². The number of benzene rings is 7. The summed E-state index contributed by atoms with van der Waals surface area (Å²) in [5.74, 6) is 0.875. The number of hydrogen-bond donors (Lipinski definition) is 0. The zero-order valence-corrected chi connectivity index (χ0v) is 28.4. The zero-order valence-electron chi connectivity index (χ0n) is 28.4. The van der Waals surface area contributed by atoms with E-state index in [1.54, 1.807) is 0 Å². The first-order valence-electron chi connectivity index (χ1n) is 18.2. The van der Waals surface area contributed by atoms with Gasteiger partial charge in [-0.1, -0.05) is 91.0 Å². The van der Waals surface area contributed by atoms with Gasteiger partial charge >= 0.3 is 0 Å². The van der Waals surface area contributed by atoms with Crippen LogP contribution < -0.4 is 0 Å². The monoisotopic (exact) mass is 668 g/mol. The van der Waals surface area contributed by atoms with E-state index in [2.05, 4.69) is 153 Å². The van der Waals surface area contributed by atoms with Crippen LogP contribution in [0.15, 0.2) is 150 Å². The van der Waals surface area contributed by atoms with Crippen LogP contribution >= 0.6 is 0 Å². The number of aromatic nitrogens is 4. The first-order chi connectivity index (χ1) is 25.8. The predicted octanol–water partition coefficient (Wildman–Crippen LogP) is 11.3. The molecule has 0 atom stereocenters. The van der Waals surface area contributed by atoms with Gasteiger partial charge in [-0.2, -0.15) is 0 Å². The van der Waals surface area contributed by atoms with Crippen LogP contribution in [0, 0.1) is 0 Å². The summed E-state index contributed by atoms with van der Waals surface area (Å²) in [6.45, 7) is 0. The minimum Gasteiger partial charge on any atom is -0.454 e. The lowest BCUT2D eigenvalue weighted by Crippen LogP contribution is -2.02. The van der Waals surface area contributed by atoms with Crippen molar-refractivity contribution in [2.75, 3.05) is 0 Å². The lowest BCUT2D eigenvalue weighted by molar-refractivity contribution is 0.666. The van der Waals surface area contributed by atoms with Gasteiger partial charge in [0.05, 0.1) is 38.8 Å². The van der Waals surface area contributed by atoms with Gasteiger partial charge in [-0.3, -0.25) is 8.97 Å². The summed E-state index contributed by atoms with van der Waals surface area (Å²) in [7, 11) is 0. The minimum atomic E-state index is 0.857. The van der Waals surface area contributed by atoms with Crippen LogP contribution in [0.4, 0.5) is 0 Å². The van der Waals surface area contributed by atoms with E-state index >= 15 is 0 Å². The maximum atomic E-state index is 6.82. The van der Waals surface area contributed by atoms with Crippen molar-refractivity contribution in [3.63, 3.8) is 0 Å². The predicted molar refractivity (Wildman–Crippen MR) is 212 cm³/mol. The van der Waals surface area contributed by atoms with Gasteiger partial charge in [0.1, 0.15) is 5.58 Å². The second-order valence-corrected chi connectivity index (χ2v) is 14.3. The first kappa shape index (κ1) is 28.1. The highest BCUT2D eigenvalue weighted by Crippen LogP contribution is 2.41. The van der Waals surface area contributed by atoms with Crippen LogP contribution in [-0.4, -0.2) is 18.5 Å². The third kappa shape index (κ3) is 3.85. The second kappa shape index (κ2) is 10.5. The fraction of sp³-hybridized carbons (Fsp3) is 0.0851. The third-order valence-electron chi connectivity index (χ3n) is 11.4. The summed E-state index contributed by atoms with van der Waals surface area (Å²) < 4.78 is 13.8. The number of fused-ring (bicyclic) bond motifs is 9. The molecule has 0 unspecified atom stereocenters. The molecule has 4 bridgehead atoms. The molecule has 52 heavy (non-hydrogen) atoms. The summed E-state index contributed by atoms with van der Waals surface area (Å²) >= 11 is 0. The highest BCUT2D eigenvalue weighted by Gasteiger charge is 2.23. The fourth-order valence-electron chi connectivity index (χ4n) is 9.02. The van der Waals surface area contributed by atoms with E-state index in [1.807, 2.05) is 6.07 Å². The van der Waals surface area contributed by atoms with Gasteiger partial charge in [0.15, 0.2) is 5.58 Å². The number of aryl methyl sites for hydroxylation is 4. The van der Waals surface area contributed by atoms with Crippen molar-refractivity contribution >= 4 is 71.6 Å². The van der Waals surface area contributed by atoms with Gasteiger partial charge in [-0.25, -0.2) is 4.98 Å². The van der Waals surface area contributed by atoms with Crippen LogP contribution in [-0.2, 0) is 25.7 Å². The van der Waals surface area contributed by atoms with E-state index in [0.717, 1.165) is 86.8 Å². The Morgan fingerprint density at radius 3 is 2.04 bits per heavy atom. The molecule has 4 heterocycles. The van der Waals surface area contributed by atoms with Gasteiger partial charge in [0.2, 0.25) is 5.78 Å². The van der Waals surface area contributed by atoms with E-state index < -0.39 is 0 Å². The topological polar surface area (TPSA) is 40.3 Å². The van der Waals surface area contributed by atoms with Gasteiger partial charge in [0, 0.05) is 27.2 Å². The molecular weight excluding hydrogens is 637 g/mol. The van der Waals surface area contributed by atoms with Gasteiger partial charge < -0.3 is 8.98 Å². The molecule has 246 valence electrons. The lowest BCUT2D eigenvalue weighted by Gasteiger charge is -2.15. The Labute approximate surface area is 298 Å². The Kier molecular flexibility index (Phi) is 5.67. The van der Waals surface area contributed by atoms with E-state index in [0.29, 0.717) is 0 Å². The van der Waals surface area contributed by atoms with Crippen LogP contribution in [0.2, 0.25) is 0 Å². The quantitative estimate of drug-likeness (QED) is 0.184. The number of nitrogens with zero attached hydrogens (tertiary/aromatic N) is 4. The van der Waals surface area contributed by atoms with Crippen LogP contribution in [0.5, 0.6) is 0 Å². The average molecular weight is 669 g/mol. The maximum absolute atomic E-state index is 6.82. The van der Waals surface area contributed by atoms with Crippen molar-refractivity contribution in [3.8, 4) is 11.4 Å². The average Bonchev–Trinajstić information content (AvgIpc) is 3.93. The molecule has 0 saturated carbocycles. The summed E-state index contributed by atoms with van der Waals surface area (Å²) in [6.07, 6.45) is 4.03. The number of rotatable bonds is 2. The van der Waals surface area contributed by atoms with E-state index in [9.17, 15) is 0 Å². The first-order valence-corrected chi connectivity index (χ1v) is 18.2. The third-order valence-corrected chi connectivity index (χ3v) is 11.4. The Morgan fingerprint density at radius 2 is 1.19 bits per heavy atom. The van der Waals surface area contributed by atoms with E-state index in [1.165, 1.54) is 44.1 Å². The molecule has 0 radical (unpaired) electrons. The van der Waals surface area contributed by atoms with E-state index in [-0.39, 0.29) is 0 Å². The maximum Gasteiger partial charge on any atom is 0.220 e.